The smallest absolute Gasteiger partial charge is 0.216 e. The molecule has 1 heterocycles. The van der Waals surface area contributed by atoms with Gasteiger partial charge >= 0.3 is 0 Å². The second-order valence-electron chi connectivity index (χ2n) is 6.01. The first kappa shape index (κ1) is 18.7. The normalized spacial score (nSPS) is 11.1. The van der Waals surface area contributed by atoms with E-state index in [1.165, 1.54) is 0 Å². The fraction of sp³-hybridized carbons (Fsp3) is 0.211. The van der Waals surface area contributed by atoms with E-state index >= 15 is 0 Å². The number of phenols is 1. The van der Waals surface area contributed by atoms with Gasteiger partial charge in [-0.05, 0) is 67.2 Å². The molecule has 2 aromatic carbocycles. The monoisotopic (exact) mass is 383 g/mol. The van der Waals surface area contributed by atoms with Gasteiger partial charge in [-0.2, -0.15) is 14.9 Å². The summed E-state index contributed by atoms with van der Waals surface area (Å²) in [5, 5.41) is 21.3. The summed E-state index contributed by atoms with van der Waals surface area (Å²) >= 11 is 5.30. The Morgan fingerprint density at radius 2 is 2.00 bits per heavy atom. The number of benzene rings is 2. The average molecular weight is 383 g/mol. The molecule has 3 aromatic rings. The van der Waals surface area contributed by atoms with E-state index in [0.717, 1.165) is 16.8 Å². The molecule has 3 rings (SSSR count). The molecule has 2 N–H and O–H groups in total. The van der Waals surface area contributed by atoms with E-state index in [2.05, 4.69) is 15.3 Å². The topological polar surface area (TPSA) is 78.7 Å². The van der Waals surface area contributed by atoms with E-state index in [4.69, 9.17) is 17.0 Å². The molecule has 0 unspecified atom stereocenters. The van der Waals surface area contributed by atoms with Gasteiger partial charge in [0.15, 0.2) is 17.3 Å². The van der Waals surface area contributed by atoms with Crippen LogP contribution < -0.4 is 9.64 Å². The first-order valence-electron chi connectivity index (χ1n) is 8.45. The van der Waals surface area contributed by atoms with Gasteiger partial charge in [0.1, 0.15) is 0 Å². The maximum absolute atomic E-state index is 9.81. The molecule has 0 aliphatic carbocycles. The third kappa shape index (κ3) is 4.17. The highest BCUT2D eigenvalue weighted by Gasteiger charge is 2.09. The average Bonchev–Trinajstić information content (AvgIpc) is 3.03. The number of anilines is 1. The summed E-state index contributed by atoms with van der Waals surface area (Å²) in [6.45, 7) is 2.33. The second kappa shape index (κ2) is 8.05. The second-order valence-corrected chi connectivity index (χ2v) is 6.40. The highest BCUT2D eigenvalue weighted by Crippen LogP contribution is 2.26. The Labute approximate surface area is 162 Å². The van der Waals surface area contributed by atoms with Gasteiger partial charge in [-0.15, -0.1) is 0 Å². The lowest BCUT2D eigenvalue weighted by Gasteiger charge is -2.12. The number of nitrogens with one attached hydrogen (secondary N) is 1. The maximum Gasteiger partial charge on any atom is 0.216 e. The van der Waals surface area contributed by atoms with Crippen molar-refractivity contribution in [3.05, 3.63) is 52.8 Å². The number of rotatable bonds is 6. The molecule has 0 saturated carbocycles. The van der Waals surface area contributed by atoms with Crippen molar-refractivity contribution in [2.45, 2.75) is 6.92 Å². The summed E-state index contributed by atoms with van der Waals surface area (Å²) in [6, 6.07) is 13.0. The molecular weight excluding hydrogens is 362 g/mol. The molecule has 0 spiro atoms. The van der Waals surface area contributed by atoms with Gasteiger partial charge in [0.25, 0.3) is 0 Å². The minimum Gasteiger partial charge on any atom is -0.504 e. The number of H-pyrrole nitrogens is 1. The Morgan fingerprint density at radius 1 is 1.26 bits per heavy atom. The molecular formula is C19H21N5O2S. The van der Waals surface area contributed by atoms with Crippen molar-refractivity contribution in [1.82, 2.24) is 14.9 Å². The van der Waals surface area contributed by atoms with Gasteiger partial charge in [-0.1, -0.05) is 0 Å². The van der Waals surface area contributed by atoms with E-state index in [1.54, 1.807) is 29.1 Å². The van der Waals surface area contributed by atoms with Crippen LogP contribution in [0.3, 0.4) is 0 Å². The predicted molar refractivity (Wildman–Crippen MR) is 109 cm³/mol. The van der Waals surface area contributed by atoms with Gasteiger partial charge in [0.05, 0.1) is 12.8 Å². The zero-order valence-electron chi connectivity index (χ0n) is 15.4. The molecule has 0 fully saturated rings. The van der Waals surface area contributed by atoms with Crippen LogP contribution in [0.25, 0.3) is 11.4 Å². The first-order valence-corrected chi connectivity index (χ1v) is 8.85. The van der Waals surface area contributed by atoms with Crippen LogP contribution in [0, 0.1) is 4.77 Å². The van der Waals surface area contributed by atoms with Crippen molar-refractivity contribution < 1.29 is 9.84 Å². The number of aromatic amines is 1. The Kier molecular flexibility index (Phi) is 5.56. The fourth-order valence-corrected chi connectivity index (χ4v) is 2.68. The standard InChI is InChI=1S/C19H21N5O2S/c1-4-26-17-11-13(5-10-16(17)25)12-20-24-18(21-22-19(24)27)14-6-8-15(9-7-14)23(2)3/h5-12,25H,4H2,1-3H3,(H,22,27). The van der Waals surface area contributed by atoms with E-state index in [9.17, 15) is 5.11 Å². The molecule has 0 aliphatic rings. The summed E-state index contributed by atoms with van der Waals surface area (Å²) in [5.41, 5.74) is 2.76. The third-order valence-electron chi connectivity index (χ3n) is 3.90. The largest absolute Gasteiger partial charge is 0.504 e. The van der Waals surface area contributed by atoms with Gasteiger partial charge in [0.2, 0.25) is 4.77 Å². The van der Waals surface area contributed by atoms with Crippen LogP contribution in [0.15, 0.2) is 47.6 Å². The number of hydrogen-bond donors (Lipinski definition) is 2. The van der Waals surface area contributed by atoms with Crippen LogP contribution in [0.4, 0.5) is 5.69 Å². The van der Waals surface area contributed by atoms with Crippen molar-refractivity contribution in [2.75, 3.05) is 25.6 Å². The number of nitrogens with zero attached hydrogens (tertiary/aromatic N) is 4. The van der Waals surface area contributed by atoms with Crippen LogP contribution >= 0.6 is 12.2 Å². The van der Waals surface area contributed by atoms with E-state index < -0.39 is 0 Å². The SMILES string of the molecule is CCOc1cc(C=Nn2c(-c3ccc(N(C)C)cc3)n[nH]c2=S)ccc1O. The lowest BCUT2D eigenvalue weighted by Crippen LogP contribution is -2.08. The van der Waals surface area contributed by atoms with Crippen molar-refractivity contribution in [1.29, 1.82) is 0 Å². The molecule has 7 nitrogen and oxygen atoms in total. The molecule has 0 atom stereocenters. The van der Waals surface area contributed by atoms with Crippen molar-refractivity contribution in [3.63, 3.8) is 0 Å². The number of aromatic hydroxyl groups is 1. The molecule has 0 amide bonds. The Hall–Kier alpha value is -3.13. The first-order chi connectivity index (χ1) is 13.0. The highest BCUT2D eigenvalue weighted by atomic mass is 32.1. The number of hydrogen-bond acceptors (Lipinski definition) is 6. The maximum atomic E-state index is 9.81. The van der Waals surface area contributed by atoms with Gasteiger partial charge in [-0.3, -0.25) is 0 Å². The Bertz CT molecular complexity index is 1010. The Morgan fingerprint density at radius 3 is 2.67 bits per heavy atom. The van der Waals surface area contributed by atoms with Crippen LogP contribution in [0.2, 0.25) is 0 Å². The van der Waals surface area contributed by atoms with Gasteiger partial charge in [-0.25, -0.2) is 5.10 Å². The highest BCUT2D eigenvalue weighted by molar-refractivity contribution is 7.71. The summed E-state index contributed by atoms with van der Waals surface area (Å²) in [6.07, 6.45) is 1.64. The molecule has 0 radical (unpaired) electrons. The van der Waals surface area contributed by atoms with Crippen molar-refractivity contribution in [3.8, 4) is 22.9 Å². The van der Waals surface area contributed by atoms with E-state index in [0.29, 0.717) is 23.0 Å². The van der Waals surface area contributed by atoms with E-state index in [-0.39, 0.29) is 5.75 Å². The molecule has 0 saturated heterocycles. The number of aromatic nitrogens is 3. The Balaban J connectivity index is 1.92. The third-order valence-corrected chi connectivity index (χ3v) is 4.16. The lowest BCUT2D eigenvalue weighted by atomic mass is 10.2. The molecule has 8 heteroatoms. The number of ether oxygens (including phenoxy) is 1. The fourth-order valence-electron chi connectivity index (χ4n) is 2.50. The summed E-state index contributed by atoms with van der Waals surface area (Å²) < 4.78 is 7.35. The van der Waals surface area contributed by atoms with Crippen molar-refractivity contribution in [2.24, 2.45) is 5.10 Å². The minimum atomic E-state index is 0.0931. The summed E-state index contributed by atoms with van der Waals surface area (Å²) in [5.74, 6) is 1.12. The van der Waals surface area contributed by atoms with Crippen molar-refractivity contribution >= 4 is 24.1 Å². The molecule has 27 heavy (non-hydrogen) atoms. The molecule has 1 aromatic heterocycles. The van der Waals surface area contributed by atoms with Crippen LogP contribution in [-0.2, 0) is 0 Å². The lowest BCUT2D eigenvalue weighted by molar-refractivity contribution is 0.318. The molecule has 140 valence electrons. The molecule has 0 bridgehead atoms. The number of phenolic OH excluding ortho intramolecular Hbond substituents is 1. The zero-order chi connectivity index (χ0) is 19.4. The quantitative estimate of drug-likeness (QED) is 0.502. The zero-order valence-corrected chi connectivity index (χ0v) is 16.2. The minimum absolute atomic E-state index is 0.0931. The summed E-state index contributed by atoms with van der Waals surface area (Å²) in [7, 11) is 3.98. The summed E-state index contributed by atoms with van der Waals surface area (Å²) in [4.78, 5) is 2.03. The van der Waals surface area contributed by atoms with Gasteiger partial charge in [0, 0.05) is 25.3 Å². The van der Waals surface area contributed by atoms with Crippen LogP contribution in [0.5, 0.6) is 11.5 Å². The molecule has 0 aliphatic heterocycles. The van der Waals surface area contributed by atoms with Gasteiger partial charge < -0.3 is 14.7 Å². The predicted octanol–water partition coefficient (Wildman–Crippen LogP) is 3.66. The van der Waals surface area contributed by atoms with Crippen LogP contribution in [-0.4, -0.2) is 46.9 Å². The van der Waals surface area contributed by atoms with E-state index in [1.807, 2.05) is 50.2 Å². The van der Waals surface area contributed by atoms with Crippen LogP contribution in [0.1, 0.15) is 12.5 Å².